The first-order valence-electron chi connectivity index (χ1n) is 17.8. The van der Waals surface area contributed by atoms with Gasteiger partial charge in [-0.05, 0) is 107 Å². The summed E-state index contributed by atoms with van der Waals surface area (Å²) in [6.07, 6.45) is 3.78. The van der Waals surface area contributed by atoms with Gasteiger partial charge in [0, 0.05) is 52.7 Å². The highest BCUT2D eigenvalue weighted by Crippen LogP contribution is 2.42. The maximum atomic E-state index is 13.9. The molecular formula is C40H41N5O5. The van der Waals surface area contributed by atoms with Crippen LogP contribution in [0.4, 0.5) is 4.79 Å². The van der Waals surface area contributed by atoms with Crippen LogP contribution < -0.4 is 10.6 Å². The molecule has 3 fully saturated rings. The summed E-state index contributed by atoms with van der Waals surface area (Å²) in [4.78, 5) is 46.0. The van der Waals surface area contributed by atoms with Crippen LogP contribution in [0.25, 0.3) is 44.7 Å². The van der Waals surface area contributed by atoms with Gasteiger partial charge in [0.2, 0.25) is 0 Å². The normalized spacial score (nSPS) is 21.2. The first-order valence-corrected chi connectivity index (χ1v) is 17.8. The first-order chi connectivity index (χ1) is 24.0. The molecule has 3 atom stereocenters. The summed E-state index contributed by atoms with van der Waals surface area (Å²) in [7, 11) is 0. The number of aromatic nitrogens is 2. The Hall–Kier alpha value is -5.12. The Kier molecular flexibility index (Phi) is 6.92. The molecule has 0 spiro atoms. The molecule has 2 N–H and O–H groups in total. The van der Waals surface area contributed by atoms with Gasteiger partial charge >= 0.3 is 6.09 Å². The zero-order chi connectivity index (χ0) is 34.5. The Morgan fingerprint density at radius 3 is 2.68 bits per heavy atom. The molecule has 2 aliphatic carbocycles. The van der Waals surface area contributed by atoms with E-state index in [4.69, 9.17) is 14.1 Å². The van der Waals surface area contributed by atoms with Gasteiger partial charge in [0.15, 0.2) is 5.76 Å². The third kappa shape index (κ3) is 5.23. The van der Waals surface area contributed by atoms with Crippen LogP contribution in [0.5, 0.6) is 0 Å². The fourth-order valence-electron chi connectivity index (χ4n) is 8.25. The molecule has 5 heterocycles. The smallest absolute Gasteiger partial charge is 0.407 e. The monoisotopic (exact) mass is 671 g/mol. The van der Waals surface area contributed by atoms with Crippen LogP contribution in [0.1, 0.15) is 78.3 Å². The second-order valence-corrected chi connectivity index (χ2v) is 15.5. The minimum Gasteiger partial charge on any atom is -0.454 e. The summed E-state index contributed by atoms with van der Waals surface area (Å²) in [6, 6.07) is 17.8. The zero-order valence-corrected chi connectivity index (χ0v) is 28.8. The van der Waals surface area contributed by atoms with E-state index < -0.39 is 11.7 Å². The van der Waals surface area contributed by atoms with E-state index in [9.17, 15) is 14.4 Å². The second kappa shape index (κ2) is 11.2. The van der Waals surface area contributed by atoms with Gasteiger partial charge in [-0.15, -0.1) is 0 Å². The van der Waals surface area contributed by atoms with Gasteiger partial charge < -0.3 is 29.3 Å². The van der Waals surface area contributed by atoms with Crippen LogP contribution in [0, 0.1) is 18.8 Å². The SMILES string of the molecule is Cc1c(-c2cc3ccc(-c4ccc5c(c4)C(=O)NC5)nc3n2CC2CC2)oc2cc(C(=O)N3CC4CCC3[C@@H]4NC(=O)OC(C)(C)C)ccc12. The Bertz CT molecular complexity index is 2240. The molecule has 1 saturated heterocycles. The number of amides is 3. The molecule has 10 nitrogen and oxygen atoms in total. The van der Waals surface area contributed by atoms with Crippen LogP contribution in [0.15, 0.2) is 59.0 Å². The molecular weight excluding hydrogens is 630 g/mol. The molecule has 4 aliphatic rings. The molecule has 50 heavy (non-hydrogen) atoms. The van der Waals surface area contributed by atoms with E-state index in [0.717, 1.165) is 69.6 Å². The number of alkyl carbamates (subject to hydrolysis) is 1. The number of aryl methyl sites for hydroxylation is 1. The Labute approximate surface area is 290 Å². The number of nitrogens with zero attached hydrogens (tertiary/aromatic N) is 3. The fraction of sp³-hybridized carbons (Fsp3) is 0.400. The Morgan fingerprint density at radius 1 is 1.04 bits per heavy atom. The highest BCUT2D eigenvalue weighted by Gasteiger charge is 2.50. The third-order valence-corrected chi connectivity index (χ3v) is 10.9. The van der Waals surface area contributed by atoms with Crippen LogP contribution in [-0.4, -0.2) is 56.6 Å². The highest BCUT2D eigenvalue weighted by atomic mass is 16.6. The van der Waals surface area contributed by atoms with Crippen LogP contribution >= 0.6 is 0 Å². The van der Waals surface area contributed by atoms with Crippen molar-refractivity contribution in [2.24, 2.45) is 11.8 Å². The lowest BCUT2D eigenvalue weighted by molar-refractivity contribution is 0.0485. The van der Waals surface area contributed by atoms with Gasteiger partial charge in [0.05, 0.1) is 23.5 Å². The number of likely N-dealkylation sites (tertiary alicyclic amines) is 1. The summed E-state index contributed by atoms with van der Waals surface area (Å²) in [5.41, 5.74) is 7.01. The third-order valence-electron chi connectivity index (χ3n) is 10.9. The van der Waals surface area contributed by atoms with Crippen LogP contribution in [0.3, 0.4) is 0 Å². The lowest BCUT2D eigenvalue weighted by Crippen LogP contribution is -2.46. The Morgan fingerprint density at radius 2 is 1.88 bits per heavy atom. The van der Waals surface area contributed by atoms with Crippen molar-refractivity contribution in [2.45, 2.75) is 84.2 Å². The molecule has 2 aliphatic heterocycles. The van der Waals surface area contributed by atoms with Crippen LogP contribution in [0.2, 0.25) is 0 Å². The maximum absolute atomic E-state index is 13.9. The van der Waals surface area contributed by atoms with Gasteiger partial charge in [-0.1, -0.05) is 18.2 Å². The minimum atomic E-state index is -0.582. The molecule has 2 saturated carbocycles. The van der Waals surface area contributed by atoms with E-state index in [0.29, 0.717) is 35.7 Å². The van der Waals surface area contributed by atoms with Crippen molar-refractivity contribution in [2.75, 3.05) is 6.54 Å². The van der Waals surface area contributed by atoms with E-state index in [2.05, 4.69) is 34.3 Å². The van der Waals surface area contributed by atoms with Gasteiger partial charge in [-0.25, -0.2) is 9.78 Å². The maximum Gasteiger partial charge on any atom is 0.407 e. The molecule has 256 valence electrons. The number of hydrogen-bond donors (Lipinski definition) is 2. The number of ether oxygens (including phenoxy) is 1. The molecule has 9 rings (SSSR count). The number of fused-ring (bicyclic) bond motifs is 5. The van der Waals surface area contributed by atoms with Crippen molar-refractivity contribution in [1.29, 1.82) is 0 Å². The van der Waals surface area contributed by atoms with Crippen molar-refractivity contribution >= 4 is 39.9 Å². The number of furan rings is 1. The van der Waals surface area contributed by atoms with Gasteiger partial charge in [0.1, 0.15) is 16.8 Å². The molecule has 2 aromatic carbocycles. The standard InChI is InChI=1S/C40H41N5O5/c1-21-28-12-9-25(38(47)45-20-27-11-14-31(45)34(27)43-39(48)50-40(2,3)4)17-33(28)49-35(21)32-16-24-10-13-30(42-36(24)44(32)19-22-5-6-22)23-7-8-26-18-41-37(46)29(26)15-23/h7-10,12-13,15-17,22,27,31,34H,5-6,11,14,18-20H2,1-4H3,(H,41,46)(H,43,48)/t27?,31?,34-/m1/s1. The molecule has 0 radical (unpaired) electrons. The van der Waals surface area contributed by atoms with E-state index in [1.807, 2.05) is 68.1 Å². The quantitative estimate of drug-likeness (QED) is 0.197. The number of pyridine rings is 1. The van der Waals surface area contributed by atoms with Crippen molar-refractivity contribution in [3.05, 3.63) is 76.9 Å². The number of hydrogen-bond acceptors (Lipinski definition) is 6. The van der Waals surface area contributed by atoms with Crippen molar-refractivity contribution < 1.29 is 23.5 Å². The lowest BCUT2D eigenvalue weighted by atomic mass is 10.0. The summed E-state index contributed by atoms with van der Waals surface area (Å²) in [5.74, 6) is 1.49. The van der Waals surface area contributed by atoms with Crippen LogP contribution in [-0.2, 0) is 17.8 Å². The van der Waals surface area contributed by atoms with Crippen molar-refractivity contribution in [1.82, 2.24) is 25.1 Å². The molecule has 3 aromatic heterocycles. The topological polar surface area (TPSA) is 119 Å². The van der Waals surface area contributed by atoms with Gasteiger partial charge in [-0.2, -0.15) is 0 Å². The molecule has 10 heteroatoms. The number of nitrogens with one attached hydrogen (secondary N) is 2. The molecule has 2 unspecified atom stereocenters. The van der Waals surface area contributed by atoms with Gasteiger partial charge in [0.25, 0.3) is 11.8 Å². The van der Waals surface area contributed by atoms with E-state index in [1.165, 1.54) is 12.8 Å². The van der Waals surface area contributed by atoms with Crippen molar-refractivity contribution in [3.63, 3.8) is 0 Å². The van der Waals surface area contributed by atoms with E-state index in [1.54, 1.807) is 0 Å². The summed E-state index contributed by atoms with van der Waals surface area (Å²) < 4.78 is 14.4. The number of carbonyl (C=O) groups excluding carboxylic acids is 3. The van der Waals surface area contributed by atoms with Crippen molar-refractivity contribution in [3.8, 4) is 22.7 Å². The zero-order valence-electron chi connectivity index (χ0n) is 28.8. The summed E-state index contributed by atoms with van der Waals surface area (Å²) in [5, 5.41) is 7.95. The second-order valence-electron chi connectivity index (χ2n) is 15.5. The predicted molar refractivity (Wildman–Crippen MR) is 190 cm³/mol. The lowest BCUT2D eigenvalue weighted by Gasteiger charge is -2.28. The molecule has 2 bridgehead atoms. The fourth-order valence-corrected chi connectivity index (χ4v) is 8.25. The number of piperidine rings is 1. The largest absolute Gasteiger partial charge is 0.454 e. The molecule has 3 amide bonds. The highest BCUT2D eigenvalue weighted by molar-refractivity contribution is 6.01. The Balaban J connectivity index is 1.03. The number of rotatable bonds is 6. The predicted octanol–water partition coefficient (Wildman–Crippen LogP) is 7.21. The minimum absolute atomic E-state index is 0.0420. The van der Waals surface area contributed by atoms with Gasteiger partial charge in [-0.3, -0.25) is 9.59 Å². The van der Waals surface area contributed by atoms with E-state index in [-0.39, 0.29) is 29.8 Å². The molecule has 5 aromatic rings. The first kappa shape index (κ1) is 30.9. The van der Waals surface area contributed by atoms with E-state index >= 15 is 0 Å². The number of carbonyl (C=O) groups is 3. The average molecular weight is 672 g/mol. The number of benzene rings is 2. The summed E-state index contributed by atoms with van der Waals surface area (Å²) in [6.45, 7) is 9.64. The summed E-state index contributed by atoms with van der Waals surface area (Å²) >= 11 is 0. The average Bonchev–Trinajstić information content (AvgIpc) is 3.31.